The van der Waals surface area contributed by atoms with Crippen LogP contribution in [0.15, 0.2) is 47.1 Å². The lowest BCUT2D eigenvalue weighted by Gasteiger charge is -2.12. The number of carbonyl (C=O) groups is 1. The van der Waals surface area contributed by atoms with E-state index in [9.17, 15) is 15.0 Å². The molecular weight excluding hydrogens is 286 g/mol. The van der Waals surface area contributed by atoms with Crippen LogP contribution in [0.3, 0.4) is 0 Å². The fourth-order valence-corrected chi connectivity index (χ4v) is 2.24. The Morgan fingerprint density at radius 3 is 2.59 bits per heavy atom. The van der Waals surface area contributed by atoms with Gasteiger partial charge in [0.1, 0.15) is 28.4 Å². The molecule has 1 heterocycles. The maximum Gasteiger partial charge on any atom is 0.263 e. The molecule has 1 amide bonds. The number of amides is 1. The number of nitrogens with one attached hydrogen (secondary N) is 1. The van der Waals surface area contributed by atoms with Crippen molar-refractivity contribution in [2.75, 3.05) is 12.4 Å². The summed E-state index contributed by atoms with van der Waals surface area (Å²) in [6, 6.07) is 9.02. The number of methoxy groups -OCH3 is 1. The fourth-order valence-electron chi connectivity index (χ4n) is 2.24. The molecule has 0 fully saturated rings. The minimum Gasteiger partial charge on any atom is -0.508 e. The number of anilines is 1. The van der Waals surface area contributed by atoms with Crippen LogP contribution in [0.4, 0.5) is 5.69 Å². The number of phenolic OH excluding ortho intramolecular Hbond substituents is 2. The van der Waals surface area contributed by atoms with Crippen LogP contribution >= 0.6 is 0 Å². The van der Waals surface area contributed by atoms with Crippen LogP contribution in [0.2, 0.25) is 0 Å². The van der Waals surface area contributed by atoms with E-state index in [1.807, 2.05) is 0 Å². The van der Waals surface area contributed by atoms with Crippen molar-refractivity contribution in [2.24, 2.45) is 0 Å². The van der Waals surface area contributed by atoms with Crippen molar-refractivity contribution in [3.8, 4) is 17.2 Å². The topological polar surface area (TPSA) is 91.9 Å². The fraction of sp³-hybridized carbons (Fsp3) is 0.0625. The highest BCUT2D eigenvalue weighted by molar-refractivity contribution is 6.11. The summed E-state index contributed by atoms with van der Waals surface area (Å²) in [6.07, 6.45) is 1.45. The average Bonchev–Trinajstić information content (AvgIpc) is 2.95. The molecule has 3 N–H and O–H groups in total. The largest absolute Gasteiger partial charge is 0.508 e. The summed E-state index contributed by atoms with van der Waals surface area (Å²) in [7, 11) is 1.42. The first kappa shape index (κ1) is 13.8. The van der Waals surface area contributed by atoms with Crippen molar-refractivity contribution in [1.82, 2.24) is 0 Å². The van der Waals surface area contributed by atoms with Crippen molar-refractivity contribution in [3.05, 3.63) is 48.2 Å². The van der Waals surface area contributed by atoms with Gasteiger partial charge in [-0.1, -0.05) is 0 Å². The first-order valence-corrected chi connectivity index (χ1v) is 6.47. The smallest absolute Gasteiger partial charge is 0.263 e. The third kappa shape index (κ3) is 2.31. The zero-order valence-corrected chi connectivity index (χ0v) is 11.7. The lowest BCUT2D eigenvalue weighted by Crippen LogP contribution is -2.13. The molecule has 6 nitrogen and oxygen atoms in total. The molecule has 0 aliphatic carbocycles. The number of carbonyl (C=O) groups excluding carboxylic acids is 1. The van der Waals surface area contributed by atoms with Crippen LogP contribution in [-0.4, -0.2) is 23.2 Å². The number of fused-ring (bicyclic) bond motifs is 1. The lowest BCUT2D eigenvalue weighted by molar-refractivity contribution is 0.102. The molecule has 0 aliphatic rings. The van der Waals surface area contributed by atoms with Gasteiger partial charge in [-0.15, -0.1) is 0 Å². The summed E-state index contributed by atoms with van der Waals surface area (Å²) >= 11 is 0. The number of hydrogen-bond donors (Lipinski definition) is 3. The van der Waals surface area contributed by atoms with Gasteiger partial charge >= 0.3 is 0 Å². The Kier molecular flexibility index (Phi) is 3.34. The number of ether oxygens (including phenoxy) is 1. The van der Waals surface area contributed by atoms with E-state index < -0.39 is 5.91 Å². The van der Waals surface area contributed by atoms with E-state index in [-0.39, 0.29) is 22.8 Å². The Labute approximate surface area is 125 Å². The molecule has 1 aromatic heterocycles. The number of rotatable bonds is 3. The van der Waals surface area contributed by atoms with Gasteiger partial charge < -0.3 is 24.7 Å². The van der Waals surface area contributed by atoms with Crippen LogP contribution < -0.4 is 10.1 Å². The van der Waals surface area contributed by atoms with Crippen LogP contribution in [-0.2, 0) is 0 Å². The molecule has 0 atom stereocenters. The zero-order valence-electron chi connectivity index (χ0n) is 11.7. The van der Waals surface area contributed by atoms with E-state index in [0.29, 0.717) is 16.7 Å². The maximum atomic E-state index is 12.4. The minimum atomic E-state index is -0.525. The van der Waals surface area contributed by atoms with Gasteiger partial charge in [-0.3, -0.25) is 4.79 Å². The van der Waals surface area contributed by atoms with Crippen molar-refractivity contribution in [2.45, 2.75) is 0 Å². The predicted octanol–water partition coefficient (Wildman–Crippen LogP) is 3.10. The molecule has 0 radical (unpaired) electrons. The molecule has 2 aromatic carbocycles. The Hall–Kier alpha value is -3.15. The van der Waals surface area contributed by atoms with Gasteiger partial charge in [0.25, 0.3) is 5.91 Å². The third-order valence-corrected chi connectivity index (χ3v) is 3.25. The highest BCUT2D eigenvalue weighted by atomic mass is 16.5. The van der Waals surface area contributed by atoms with Crippen LogP contribution in [0.25, 0.3) is 11.0 Å². The number of hydrogen-bond acceptors (Lipinski definition) is 5. The SMILES string of the molecule is COc1c(C(=O)Nc2ccc(O)cc2)c(O)cc2occc12. The van der Waals surface area contributed by atoms with Gasteiger partial charge in [0.05, 0.1) is 18.8 Å². The van der Waals surface area contributed by atoms with Crippen molar-refractivity contribution in [3.63, 3.8) is 0 Å². The molecule has 0 unspecified atom stereocenters. The van der Waals surface area contributed by atoms with Crippen LogP contribution in [0, 0.1) is 0 Å². The van der Waals surface area contributed by atoms with Crippen LogP contribution in [0.1, 0.15) is 10.4 Å². The molecule has 0 saturated carbocycles. The Bertz CT molecular complexity index is 836. The summed E-state index contributed by atoms with van der Waals surface area (Å²) in [4.78, 5) is 12.4. The van der Waals surface area contributed by atoms with Gasteiger partial charge in [0, 0.05) is 11.8 Å². The molecule has 0 saturated heterocycles. The molecule has 3 rings (SSSR count). The summed E-state index contributed by atoms with van der Waals surface area (Å²) in [5.41, 5.74) is 0.927. The van der Waals surface area contributed by atoms with E-state index in [4.69, 9.17) is 9.15 Å². The number of benzene rings is 2. The van der Waals surface area contributed by atoms with Gasteiger partial charge in [0.2, 0.25) is 0 Å². The predicted molar refractivity (Wildman–Crippen MR) is 80.5 cm³/mol. The first-order valence-electron chi connectivity index (χ1n) is 6.47. The van der Waals surface area contributed by atoms with Gasteiger partial charge in [0.15, 0.2) is 0 Å². The Morgan fingerprint density at radius 1 is 1.18 bits per heavy atom. The van der Waals surface area contributed by atoms with Crippen molar-refractivity contribution < 1.29 is 24.2 Å². The summed E-state index contributed by atoms with van der Waals surface area (Å²) in [6.45, 7) is 0. The van der Waals surface area contributed by atoms with E-state index in [1.54, 1.807) is 18.2 Å². The molecule has 112 valence electrons. The van der Waals surface area contributed by atoms with Gasteiger partial charge in [-0.2, -0.15) is 0 Å². The molecule has 6 heteroatoms. The number of phenols is 2. The number of furan rings is 1. The second kappa shape index (κ2) is 5.33. The second-order valence-corrected chi connectivity index (χ2v) is 4.64. The summed E-state index contributed by atoms with van der Waals surface area (Å²) in [5.74, 6) is -0.433. The lowest BCUT2D eigenvalue weighted by atomic mass is 10.1. The van der Waals surface area contributed by atoms with E-state index >= 15 is 0 Å². The maximum absolute atomic E-state index is 12.4. The molecule has 3 aromatic rings. The standard InChI is InChI=1S/C16H13NO5/c1-21-15-11-6-7-22-13(11)8-12(19)14(15)16(20)17-9-2-4-10(18)5-3-9/h2-8,18-19H,1H3,(H,17,20). The van der Waals surface area contributed by atoms with E-state index in [1.165, 1.54) is 31.6 Å². The van der Waals surface area contributed by atoms with E-state index in [0.717, 1.165) is 0 Å². The Balaban J connectivity index is 2.02. The Morgan fingerprint density at radius 2 is 1.91 bits per heavy atom. The molecule has 22 heavy (non-hydrogen) atoms. The highest BCUT2D eigenvalue weighted by Gasteiger charge is 2.22. The second-order valence-electron chi connectivity index (χ2n) is 4.64. The monoisotopic (exact) mass is 299 g/mol. The molecule has 0 aliphatic heterocycles. The average molecular weight is 299 g/mol. The van der Waals surface area contributed by atoms with Gasteiger partial charge in [-0.25, -0.2) is 0 Å². The number of aromatic hydroxyl groups is 2. The highest BCUT2D eigenvalue weighted by Crippen LogP contribution is 2.37. The zero-order chi connectivity index (χ0) is 15.7. The molecule has 0 spiro atoms. The molecule has 0 bridgehead atoms. The quantitative estimate of drug-likeness (QED) is 0.646. The third-order valence-electron chi connectivity index (χ3n) is 3.25. The van der Waals surface area contributed by atoms with Crippen molar-refractivity contribution >= 4 is 22.6 Å². The van der Waals surface area contributed by atoms with Crippen molar-refractivity contribution in [1.29, 1.82) is 0 Å². The summed E-state index contributed by atoms with van der Waals surface area (Å²) in [5, 5.41) is 22.6. The normalized spacial score (nSPS) is 10.6. The molecular formula is C16H13NO5. The van der Waals surface area contributed by atoms with E-state index in [2.05, 4.69) is 5.32 Å². The van der Waals surface area contributed by atoms with Gasteiger partial charge in [-0.05, 0) is 30.3 Å². The summed E-state index contributed by atoms with van der Waals surface area (Å²) < 4.78 is 10.5. The minimum absolute atomic E-state index is 0.0180. The van der Waals surface area contributed by atoms with Crippen LogP contribution in [0.5, 0.6) is 17.2 Å². The first-order chi connectivity index (χ1) is 10.6.